The Bertz CT molecular complexity index is 766. The molecule has 3 N–H and O–H groups in total. The van der Waals surface area contributed by atoms with Crippen molar-refractivity contribution in [1.82, 2.24) is 0 Å². The molecule has 0 saturated heterocycles. The second kappa shape index (κ2) is 7.55. The van der Waals surface area contributed by atoms with Gasteiger partial charge in [-0.15, -0.1) is 0 Å². The number of anilines is 2. The van der Waals surface area contributed by atoms with Gasteiger partial charge in [-0.3, -0.25) is 4.79 Å². The molecule has 0 aromatic heterocycles. The summed E-state index contributed by atoms with van der Waals surface area (Å²) < 4.78 is 4.90. The van der Waals surface area contributed by atoms with Gasteiger partial charge in [-0.05, 0) is 36.4 Å². The van der Waals surface area contributed by atoms with Crippen LogP contribution in [0.2, 0.25) is 15.1 Å². The standard InChI is InChI=1S/C15H11Cl3N2O3/c16-8-1-3-10(12(19)5-8)15(22)23-7-14(21)20-13-6-9(17)2-4-11(13)18/h1-6H,7,19H2,(H,20,21). The number of nitrogens with one attached hydrogen (secondary N) is 1. The SMILES string of the molecule is Nc1cc(Cl)ccc1C(=O)OCC(=O)Nc1cc(Cl)ccc1Cl. The van der Waals surface area contributed by atoms with E-state index in [1.165, 1.54) is 24.3 Å². The van der Waals surface area contributed by atoms with Crippen LogP contribution in [0.25, 0.3) is 0 Å². The maximum atomic E-state index is 11.9. The number of benzene rings is 2. The molecular formula is C15H11Cl3N2O3. The fraction of sp³-hybridized carbons (Fsp3) is 0.0667. The molecule has 0 fully saturated rings. The molecule has 0 radical (unpaired) electrons. The minimum absolute atomic E-state index is 0.128. The van der Waals surface area contributed by atoms with Crippen molar-refractivity contribution in [2.75, 3.05) is 17.7 Å². The van der Waals surface area contributed by atoms with Crippen LogP contribution in [0, 0.1) is 0 Å². The van der Waals surface area contributed by atoms with Crippen molar-refractivity contribution in [3.05, 3.63) is 57.0 Å². The monoisotopic (exact) mass is 372 g/mol. The molecule has 2 aromatic carbocycles. The first-order valence-corrected chi connectivity index (χ1v) is 7.47. The van der Waals surface area contributed by atoms with E-state index < -0.39 is 18.5 Å². The van der Waals surface area contributed by atoms with Crippen molar-refractivity contribution in [1.29, 1.82) is 0 Å². The van der Waals surface area contributed by atoms with E-state index in [0.29, 0.717) is 20.8 Å². The molecule has 0 aliphatic carbocycles. The lowest BCUT2D eigenvalue weighted by atomic mass is 10.2. The van der Waals surface area contributed by atoms with Gasteiger partial charge >= 0.3 is 5.97 Å². The number of ether oxygens (including phenoxy) is 1. The lowest BCUT2D eigenvalue weighted by molar-refractivity contribution is -0.119. The highest BCUT2D eigenvalue weighted by atomic mass is 35.5. The number of esters is 1. The summed E-state index contributed by atoms with van der Waals surface area (Å²) in [6.07, 6.45) is 0. The zero-order valence-corrected chi connectivity index (χ0v) is 13.9. The molecule has 0 heterocycles. The number of halogens is 3. The van der Waals surface area contributed by atoms with Gasteiger partial charge in [-0.1, -0.05) is 34.8 Å². The fourth-order valence-corrected chi connectivity index (χ4v) is 2.23. The van der Waals surface area contributed by atoms with E-state index in [0.717, 1.165) is 0 Å². The predicted molar refractivity (Wildman–Crippen MR) is 91.2 cm³/mol. The molecule has 0 unspecified atom stereocenters. The molecule has 0 bridgehead atoms. The number of carbonyl (C=O) groups excluding carboxylic acids is 2. The highest BCUT2D eigenvalue weighted by Gasteiger charge is 2.14. The maximum Gasteiger partial charge on any atom is 0.340 e. The van der Waals surface area contributed by atoms with Gasteiger partial charge in [-0.2, -0.15) is 0 Å². The quantitative estimate of drug-likeness (QED) is 0.626. The average molecular weight is 374 g/mol. The van der Waals surface area contributed by atoms with Crippen LogP contribution in [-0.4, -0.2) is 18.5 Å². The highest BCUT2D eigenvalue weighted by Crippen LogP contribution is 2.25. The Morgan fingerprint density at radius 1 is 1.04 bits per heavy atom. The molecule has 5 nitrogen and oxygen atoms in total. The van der Waals surface area contributed by atoms with Gasteiger partial charge in [0, 0.05) is 15.7 Å². The Labute approximate surface area is 147 Å². The van der Waals surface area contributed by atoms with E-state index in [1.807, 2.05) is 0 Å². The zero-order valence-electron chi connectivity index (χ0n) is 11.6. The van der Waals surface area contributed by atoms with Gasteiger partial charge in [-0.25, -0.2) is 4.79 Å². The summed E-state index contributed by atoms with van der Waals surface area (Å²) in [5.41, 5.74) is 6.29. The second-order valence-corrected chi connectivity index (χ2v) is 5.76. The molecular weight excluding hydrogens is 363 g/mol. The number of nitrogens with two attached hydrogens (primary N) is 1. The summed E-state index contributed by atoms with van der Waals surface area (Å²) in [5.74, 6) is -1.29. The van der Waals surface area contributed by atoms with Crippen LogP contribution < -0.4 is 11.1 Å². The molecule has 0 aliphatic rings. The Morgan fingerprint density at radius 3 is 2.39 bits per heavy atom. The van der Waals surface area contributed by atoms with Gasteiger partial charge in [0.25, 0.3) is 5.91 Å². The van der Waals surface area contributed by atoms with Crippen molar-refractivity contribution < 1.29 is 14.3 Å². The molecule has 8 heteroatoms. The van der Waals surface area contributed by atoms with Gasteiger partial charge in [0.15, 0.2) is 6.61 Å². The first-order chi connectivity index (χ1) is 10.9. The Balaban J connectivity index is 1.96. The number of carbonyl (C=O) groups is 2. The molecule has 0 atom stereocenters. The van der Waals surface area contributed by atoms with E-state index in [9.17, 15) is 9.59 Å². The number of amides is 1. The number of nitrogen functional groups attached to an aromatic ring is 1. The number of hydrogen-bond donors (Lipinski definition) is 2. The van der Waals surface area contributed by atoms with Crippen LogP contribution in [0.15, 0.2) is 36.4 Å². The summed E-state index contributed by atoms with van der Waals surface area (Å²) in [5, 5.41) is 3.62. The first-order valence-electron chi connectivity index (χ1n) is 6.34. The maximum absolute atomic E-state index is 11.9. The van der Waals surface area contributed by atoms with Crippen LogP contribution in [-0.2, 0) is 9.53 Å². The van der Waals surface area contributed by atoms with Gasteiger partial charge < -0.3 is 15.8 Å². The normalized spacial score (nSPS) is 10.2. The molecule has 1 amide bonds. The summed E-state index contributed by atoms with van der Waals surface area (Å²) in [7, 11) is 0. The van der Waals surface area contributed by atoms with Crippen LogP contribution in [0.1, 0.15) is 10.4 Å². The summed E-state index contributed by atoms with van der Waals surface area (Å²) in [6, 6.07) is 8.96. The zero-order chi connectivity index (χ0) is 17.0. The summed E-state index contributed by atoms with van der Waals surface area (Å²) in [4.78, 5) is 23.7. The van der Waals surface area contributed by atoms with E-state index in [4.69, 9.17) is 45.3 Å². The lowest BCUT2D eigenvalue weighted by Crippen LogP contribution is -2.21. The van der Waals surface area contributed by atoms with E-state index in [1.54, 1.807) is 12.1 Å². The Hall–Kier alpha value is -1.95. The van der Waals surface area contributed by atoms with Crippen LogP contribution >= 0.6 is 34.8 Å². The highest BCUT2D eigenvalue weighted by molar-refractivity contribution is 6.35. The third-order valence-corrected chi connectivity index (χ3v) is 3.57. The largest absolute Gasteiger partial charge is 0.452 e. The van der Waals surface area contributed by atoms with Crippen LogP contribution in [0.5, 0.6) is 0 Å². The molecule has 0 aliphatic heterocycles. The smallest absolute Gasteiger partial charge is 0.340 e. The molecule has 23 heavy (non-hydrogen) atoms. The van der Waals surface area contributed by atoms with Crippen LogP contribution in [0.4, 0.5) is 11.4 Å². The Kier molecular flexibility index (Phi) is 5.71. The number of rotatable bonds is 4. The fourth-order valence-electron chi connectivity index (χ4n) is 1.71. The van der Waals surface area contributed by atoms with Crippen LogP contribution in [0.3, 0.4) is 0 Å². The van der Waals surface area contributed by atoms with Gasteiger partial charge in [0.2, 0.25) is 0 Å². The van der Waals surface area contributed by atoms with E-state index in [-0.39, 0.29) is 11.3 Å². The first kappa shape index (κ1) is 17.4. The molecule has 120 valence electrons. The lowest BCUT2D eigenvalue weighted by Gasteiger charge is -2.09. The average Bonchev–Trinajstić information content (AvgIpc) is 2.48. The van der Waals surface area contributed by atoms with Crippen molar-refractivity contribution in [2.45, 2.75) is 0 Å². The summed E-state index contributed by atoms with van der Waals surface area (Å²) in [6.45, 7) is -0.496. The third kappa shape index (κ3) is 4.76. The number of hydrogen-bond acceptors (Lipinski definition) is 4. The van der Waals surface area contributed by atoms with E-state index >= 15 is 0 Å². The summed E-state index contributed by atoms with van der Waals surface area (Å²) >= 11 is 17.5. The third-order valence-electron chi connectivity index (χ3n) is 2.77. The molecule has 2 aromatic rings. The molecule has 0 saturated carbocycles. The van der Waals surface area contributed by atoms with Crippen molar-refractivity contribution in [3.8, 4) is 0 Å². The topological polar surface area (TPSA) is 81.4 Å². The minimum atomic E-state index is -0.730. The van der Waals surface area contributed by atoms with Crippen molar-refractivity contribution in [3.63, 3.8) is 0 Å². The minimum Gasteiger partial charge on any atom is -0.452 e. The van der Waals surface area contributed by atoms with Gasteiger partial charge in [0.1, 0.15) is 0 Å². The predicted octanol–water partition coefficient (Wildman–Crippen LogP) is 4.02. The van der Waals surface area contributed by atoms with Gasteiger partial charge in [0.05, 0.1) is 16.3 Å². The molecule has 0 spiro atoms. The van der Waals surface area contributed by atoms with E-state index in [2.05, 4.69) is 5.32 Å². The van der Waals surface area contributed by atoms with Crippen molar-refractivity contribution >= 4 is 58.1 Å². The molecule has 2 rings (SSSR count). The Morgan fingerprint density at radius 2 is 1.70 bits per heavy atom. The second-order valence-electron chi connectivity index (χ2n) is 4.48. The van der Waals surface area contributed by atoms with Crippen molar-refractivity contribution in [2.24, 2.45) is 0 Å².